The maximum Gasteiger partial charge on any atom is 0.288 e. The number of phenols is 1. The summed E-state index contributed by atoms with van der Waals surface area (Å²) in [4.78, 5) is 25.3. The molecule has 0 saturated carbocycles. The maximum absolute atomic E-state index is 13.0. The van der Waals surface area contributed by atoms with Gasteiger partial charge in [-0.1, -0.05) is 18.2 Å². The zero-order valence-corrected chi connectivity index (χ0v) is 13.2. The molecule has 1 aliphatic rings. The Morgan fingerprint density at radius 2 is 1.79 bits per heavy atom. The molecule has 2 heterocycles. The third-order valence-electron chi connectivity index (χ3n) is 4.37. The monoisotopic (exact) mass is 321 g/mol. The quantitative estimate of drug-likeness (QED) is 0.722. The van der Waals surface area contributed by atoms with Crippen LogP contribution >= 0.6 is 0 Å². The molecule has 0 bridgehead atoms. The molecule has 1 unspecified atom stereocenters. The zero-order valence-electron chi connectivity index (χ0n) is 13.2. The zero-order chi connectivity index (χ0) is 17.0. The number of hydrogen-bond donors (Lipinski definition) is 2. The number of rotatable bonds is 1. The van der Waals surface area contributed by atoms with Gasteiger partial charge >= 0.3 is 0 Å². The van der Waals surface area contributed by atoms with E-state index in [9.17, 15) is 14.7 Å². The molecule has 2 aromatic carbocycles. The molecular weight excluding hydrogens is 306 g/mol. The molecule has 1 aliphatic heterocycles. The van der Waals surface area contributed by atoms with Crippen LogP contribution in [-0.2, 0) is 0 Å². The fourth-order valence-corrected chi connectivity index (χ4v) is 3.32. The minimum absolute atomic E-state index is 0.0653. The third kappa shape index (κ3) is 2.01. The number of amides is 1. The number of phenolic OH excluding ortho intramolecular Hbond substituents is 1. The van der Waals surface area contributed by atoms with Gasteiger partial charge in [0.05, 0.1) is 17.0 Å². The molecule has 0 spiro atoms. The predicted molar refractivity (Wildman–Crippen MR) is 89.4 cm³/mol. The molecule has 5 heteroatoms. The summed E-state index contributed by atoms with van der Waals surface area (Å²) in [7, 11) is 0. The van der Waals surface area contributed by atoms with Crippen molar-refractivity contribution < 1.29 is 14.3 Å². The fourth-order valence-electron chi connectivity index (χ4n) is 3.32. The van der Waals surface area contributed by atoms with E-state index >= 15 is 0 Å². The normalized spacial score (nSPS) is 16.2. The Bertz CT molecular complexity index is 1050. The van der Waals surface area contributed by atoms with Gasteiger partial charge in [0.15, 0.2) is 5.43 Å². The molecule has 0 fully saturated rings. The molecule has 120 valence electrons. The number of fused-ring (bicyclic) bond motifs is 2. The van der Waals surface area contributed by atoms with Crippen molar-refractivity contribution in [2.75, 3.05) is 0 Å². The summed E-state index contributed by atoms with van der Waals surface area (Å²) in [5.41, 5.74) is 3.07. The van der Waals surface area contributed by atoms with E-state index in [1.165, 1.54) is 12.1 Å². The van der Waals surface area contributed by atoms with Crippen molar-refractivity contribution in [3.05, 3.63) is 74.6 Å². The SMILES string of the molecule is Cc1cc(C)c2c(=O)c3c(oc2c1)C(=O)NC3c1ccc(O)cc1. The molecule has 1 amide bonds. The summed E-state index contributed by atoms with van der Waals surface area (Å²) in [5.74, 6) is -0.211. The molecule has 2 N–H and O–H groups in total. The highest BCUT2D eigenvalue weighted by molar-refractivity contribution is 5.99. The van der Waals surface area contributed by atoms with E-state index in [0.29, 0.717) is 16.5 Å². The lowest BCUT2D eigenvalue weighted by Gasteiger charge is -2.12. The Hall–Kier alpha value is -3.08. The van der Waals surface area contributed by atoms with Crippen molar-refractivity contribution in [1.82, 2.24) is 5.32 Å². The standard InChI is InChI=1S/C19H15NO4/c1-9-7-10(2)14-13(8-9)24-18-15(17(14)22)16(20-19(18)23)11-3-5-12(21)6-4-11/h3-8,16,21H,1-2H3,(H,20,23). The second-order valence-electron chi connectivity index (χ2n) is 6.13. The highest BCUT2D eigenvalue weighted by Crippen LogP contribution is 2.32. The fraction of sp³-hybridized carbons (Fsp3) is 0.158. The minimum Gasteiger partial charge on any atom is -0.508 e. The summed E-state index contributed by atoms with van der Waals surface area (Å²) in [6, 6.07) is 9.53. The second-order valence-corrected chi connectivity index (χ2v) is 6.13. The number of carbonyl (C=O) groups excluding carboxylic acids is 1. The highest BCUT2D eigenvalue weighted by Gasteiger charge is 2.36. The number of benzene rings is 2. The number of carbonyl (C=O) groups is 1. The Kier molecular flexibility index (Phi) is 3.00. The van der Waals surface area contributed by atoms with Crippen molar-refractivity contribution in [3.63, 3.8) is 0 Å². The lowest BCUT2D eigenvalue weighted by atomic mass is 9.97. The molecular formula is C19H15NO4. The lowest BCUT2D eigenvalue weighted by molar-refractivity contribution is 0.0938. The van der Waals surface area contributed by atoms with Gasteiger partial charge in [-0.05, 0) is 48.7 Å². The summed E-state index contributed by atoms with van der Waals surface area (Å²) >= 11 is 0. The summed E-state index contributed by atoms with van der Waals surface area (Å²) in [5, 5.41) is 12.7. The summed E-state index contributed by atoms with van der Waals surface area (Å²) < 4.78 is 5.77. The molecule has 0 saturated heterocycles. The van der Waals surface area contributed by atoms with Gasteiger partial charge in [0, 0.05) is 0 Å². The van der Waals surface area contributed by atoms with Crippen LogP contribution in [-0.4, -0.2) is 11.0 Å². The van der Waals surface area contributed by atoms with Crippen molar-refractivity contribution in [2.24, 2.45) is 0 Å². The highest BCUT2D eigenvalue weighted by atomic mass is 16.3. The van der Waals surface area contributed by atoms with Crippen LogP contribution in [0, 0.1) is 13.8 Å². The number of aryl methyl sites for hydroxylation is 2. The Morgan fingerprint density at radius 3 is 2.50 bits per heavy atom. The maximum atomic E-state index is 13.0. The van der Waals surface area contributed by atoms with Crippen LogP contribution in [0.4, 0.5) is 0 Å². The molecule has 3 aromatic rings. The Morgan fingerprint density at radius 1 is 1.08 bits per heavy atom. The van der Waals surface area contributed by atoms with Crippen LogP contribution in [0.5, 0.6) is 5.75 Å². The summed E-state index contributed by atoms with van der Waals surface area (Å²) in [6.07, 6.45) is 0. The molecule has 24 heavy (non-hydrogen) atoms. The van der Waals surface area contributed by atoms with Gasteiger partial charge in [0.2, 0.25) is 5.76 Å². The van der Waals surface area contributed by atoms with Crippen LogP contribution < -0.4 is 10.7 Å². The smallest absolute Gasteiger partial charge is 0.288 e. The van der Waals surface area contributed by atoms with Gasteiger partial charge < -0.3 is 14.8 Å². The predicted octanol–water partition coefficient (Wildman–Crippen LogP) is 2.95. The average Bonchev–Trinajstić information content (AvgIpc) is 2.85. The van der Waals surface area contributed by atoms with Crippen LogP contribution in [0.25, 0.3) is 11.0 Å². The van der Waals surface area contributed by atoms with Crippen molar-refractivity contribution in [3.8, 4) is 5.75 Å². The first-order chi connectivity index (χ1) is 11.5. The molecule has 4 rings (SSSR count). The second kappa shape index (κ2) is 4.96. The van der Waals surface area contributed by atoms with E-state index in [-0.39, 0.29) is 16.9 Å². The van der Waals surface area contributed by atoms with Crippen molar-refractivity contribution in [2.45, 2.75) is 19.9 Å². The largest absolute Gasteiger partial charge is 0.508 e. The van der Waals surface area contributed by atoms with Crippen LogP contribution in [0.15, 0.2) is 45.6 Å². The van der Waals surface area contributed by atoms with Crippen LogP contribution in [0.1, 0.15) is 38.9 Å². The van der Waals surface area contributed by atoms with Crippen LogP contribution in [0.2, 0.25) is 0 Å². The average molecular weight is 321 g/mol. The molecule has 0 radical (unpaired) electrons. The molecule has 1 atom stereocenters. The van der Waals surface area contributed by atoms with Gasteiger partial charge in [0.1, 0.15) is 11.3 Å². The van der Waals surface area contributed by atoms with E-state index in [1.807, 2.05) is 19.9 Å². The summed E-state index contributed by atoms with van der Waals surface area (Å²) in [6.45, 7) is 3.78. The van der Waals surface area contributed by atoms with Gasteiger partial charge in [-0.2, -0.15) is 0 Å². The van der Waals surface area contributed by atoms with Gasteiger partial charge in [-0.25, -0.2) is 0 Å². The van der Waals surface area contributed by atoms with Gasteiger partial charge in [-0.15, -0.1) is 0 Å². The Labute approximate surface area is 137 Å². The number of aromatic hydroxyl groups is 1. The topological polar surface area (TPSA) is 79.5 Å². The van der Waals surface area contributed by atoms with E-state index in [0.717, 1.165) is 16.7 Å². The first kappa shape index (κ1) is 14.5. The van der Waals surface area contributed by atoms with Crippen molar-refractivity contribution >= 4 is 16.9 Å². The molecule has 1 aromatic heterocycles. The Balaban J connectivity index is 2.02. The van der Waals surface area contributed by atoms with Gasteiger partial charge in [0.25, 0.3) is 5.91 Å². The van der Waals surface area contributed by atoms with E-state index in [1.54, 1.807) is 18.2 Å². The van der Waals surface area contributed by atoms with E-state index in [4.69, 9.17) is 4.42 Å². The first-order valence-electron chi connectivity index (χ1n) is 7.63. The number of hydrogen-bond acceptors (Lipinski definition) is 4. The first-order valence-corrected chi connectivity index (χ1v) is 7.63. The minimum atomic E-state index is -0.575. The van der Waals surface area contributed by atoms with Crippen LogP contribution in [0.3, 0.4) is 0 Å². The lowest BCUT2D eigenvalue weighted by Crippen LogP contribution is -2.22. The van der Waals surface area contributed by atoms with Crippen molar-refractivity contribution in [1.29, 1.82) is 0 Å². The molecule has 5 nitrogen and oxygen atoms in total. The van der Waals surface area contributed by atoms with E-state index < -0.39 is 11.9 Å². The number of nitrogens with one attached hydrogen (secondary N) is 1. The van der Waals surface area contributed by atoms with Gasteiger partial charge in [-0.3, -0.25) is 9.59 Å². The third-order valence-corrected chi connectivity index (χ3v) is 4.37. The van der Waals surface area contributed by atoms with E-state index in [2.05, 4.69) is 5.32 Å². The molecule has 0 aliphatic carbocycles.